The molecule has 1 saturated heterocycles. The topological polar surface area (TPSA) is 38.3 Å². The zero-order valence-corrected chi connectivity index (χ0v) is 8.26. The van der Waals surface area contributed by atoms with Crippen LogP contribution >= 0.6 is 11.3 Å². The molecule has 1 atom stereocenters. The molecule has 2 rings (SSSR count). The van der Waals surface area contributed by atoms with Crippen molar-refractivity contribution in [2.45, 2.75) is 12.5 Å². The lowest BCUT2D eigenvalue weighted by atomic mass is 10.2. The fraction of sp³-hybridized carbons (Fsp3) is 0.300. The Morgan fingerprint density at radius 1 is 1.64 bits per heavy atom. The minimum Gasteiger partial charge on any atom is -0.449 e. The predicted molar refractivity (Wildman–Crippen MR) is 54.1 cm³/mol. The number of alkyl carbamates (subject to hydrolysis) is 1. The molecule has 1 N–H and O–H groups in total. The van der Waals surface area contributed by atoms with Gasteiger partial charge in [-0.2, -0.15) is 11.3 Å². The van der Waals surface area contributed by atoms with Crippen molar-refractivity contribution in [3.05, 3.63) is 22.4 Å². The Bertz CT molecular complexity index is 375. The maximum absolute atomic E-state index is 10.8. The molecule has 72 valence electrons. The van der Waals surface area contributed by atoms with Gasteiger partial charge in [-0.15, -0.1) is 0 Å². The number of nitrogens with one attached hydrogen (secondary N) is 1. The maximum Gasteiger partial charge on any atom is 0.408 e. The molecule has 3 nitrogen and oxygen atoms in total. The van der Waals surface area contributed by atoms with Gasteiger partial charge in [0.05, 0.1) is 12.6 Å². The van der Waals surface area contributed by atoms with E-state index in [1.54, 1.807) is 11.3 Å². The molecule has 1 aromatic heterocycles. The summed E-state index contributed by atoms with van der Waals surface area (Å²) in [7, 11) is 0. The second-order valence-corrected chi connectivity index (χ2v) is 3.68. The van der Waals surface area contributed by atoms with Gasteiger partial charge in [0, 0.05) is 17.4 Å². The number of hydrogen-bond donors (Lipinski definition) is 1. The van der Waals surface area contributed by atoms with Crippen LogP contribution in [-0.2, 0) is 4.74 Å². The third kappa shape index (κ3) is 2.27. The maximum atomic E-state index is 10.8. The van der Waals surface area contributed by atoms with Crippen molar-refractivity contribution >= 4 is 17.4 Å². The summed E-state index contributed by atoms with van der Waals surface area (Å²) in [5.74, 6) is 6.00. The van der Waals surface area contributed by atoms with Gasteiger partial charge in [-0.1, -0.05) is 11.8 Å². The van der Waals surface area contributed by atoms with E-state index in [9.17, 15) is 4.79 Å². The van der Waals surface area contributed by atoms with E-state index in [1.165, 1.54) is 0 Å². The van der Waals surface area contributed by atoms with Crippen molar-refractivity contribution in [2.24, 2.45) is 0 Å². The van der Waals surface area contributed by atoms with Gasteiger partial charge in [0.15, 0.2) is 0 Å². The molecule has 14 heavy (non-hydrogen) atoms. The summed E-state index contributed by atoms with van der Waals surface area (Å²) in [5, 5.41) is 6.61. The summed E-state index contributed by atoms with van der Waals surface area (Å²) in [6.45, 7) is 0.453. The molecule has 0 spiro atoms. The molecule has 0 saturated carbocycles. The SMILES string of the molecule is O=C1N[C@@H](C#Cc2ccsc2)CCO1. The Morgan fingerprint density at radius 2 is 2.57 bits per heavy atom. The molecule has 1 aromatic rings. The number of thiophene rings is 1. The van der Waals surface area contributed by atoms with E-state index in [0.717, 1.165) is 12.0 Å². The van der Waals surface area contributed by atoms with Gasteiger partial charge in [-0.3, -0.25) is 0 Å². The molecule has 1 fully saturated rings. The zero-order chi connectivity index (χ0) is 9.80. The third-order valence-corrected chi connectivity index (χ3v) is 2.53. The first kappa shape index (κ1) is 9.10. The minimum absolute atomic E-state index is 0.0730. The number of cyclic esters (lactones) is 1. The van der Waals surface area contributed by atoms with E-state index in [4.69, 9.17) is 4.74 Å². The van der Waals surface area contributed by atoms with E-state index in [1.807, 2.05) is 16.8 Å². The molecule has 1 aliphatic heterocycles. The number of ether oxygens (including phenoxy) is 1. The van der Waals surface area contributed by atoms with E-state index in [0.29, 0.717) is 6.61 Å². The number of carbonyl (C=O) groups is 1. The van der Waals surface area contributed by atoms with Gasteiger partial charge in [0.1, 0.15) is 0 Å². The van der Waals surface area contributed by atoms with Crippen molar-refractivity contribution in [3.63, 3.8) is 0 Å². The Balaban J connectivity index is 1.99. The molecule has 4 heteroatoms. The summed E-state index contributed by atoms with van der Waals surface area (Å²) in [6.07, 6.45) is 0.379. The number of rotatable bonds is 0. The second kappa shape index (κ2) is 4.16. The first-order chi connectivity index (χ1) is 6.84. The largest absolute Gasteiger partial charge is 0.449 e. The van der Waals surface area contributed by atoms with Crippen LogP contribution in [0.3, 0.4) is 0 Å². The molecule has 0 bridgehead atoms. The molecular weight excluding hydrogens is 198 g/mol. The number of carbonyl (C=O) groups excluding carboxylic acids is 1. The van der Waals surface area contributed by atoms with E-state index < -0.39 is 0 Å². The third-order valence-electron chi connectivity index (χ3n) is 1.84. The number of amides is 1. The lowest BCUT2D eigenvalue weighted by Crippen LogP contribution is -2.40. The smallest absolute Gasteiger partial charge is 0.408 e. The van der Waals surface area contributed by atoms with Crippen molar-refractivity contribution in [2.75, 3.05) is 6.61 Å². The molecule has 1 aliphatic rings. The Morgan fingerprint density at radius 3 is 3.29 bits per heavy atom. The highest BCUT2D eigenvalue weighted by Crippen LogP contribution is 2.04. The number of hydrogen-bond acceptors (Lipinski definition) is 3. The van der Waals surface area contributed by atoms with Crippen LogP contribution < -0.4 is 5.32 Å². The fourth-order valence-electron chi connectivity index (χ4n) is 1.14. The average Bonchev–Trinajstić information content (AvgIpc) is 2.67. The summed E-state index contributed by atoms with van der Waals surface area (Å²) >= 11 is 1.61. The van der Waals surface area contributed by atoms with E-state index >= 15 is 0 Å². The average molecular weight is 207 g/mol. The summed E-state index contributed by atoms with van der Waals surface area (Å²) < 4.78 is 4.73. The van der Waals surface area contributed by atoms with Crippen LogP contribution in [0.1, 0.15) is 12.0 Å². The first-order valence-corrected chi connectivity index (χ1v) is 5.26. The van der Waals surface area contributed by atoms with Crippen LogP contribution in [-0.4, -0.2) is 18.7 Å². The molecule has 0 aromatic carbocycles. The van der Waals surface area contributed by atoms with Crippen LogP contribution in [0.25, 0.3) is 0 Å². The van der Waals surface area contributed by atoms with Crippen LogP contribution in [0, 0.1) is 11.8 Å². The zero-order valence-electron chi connectivity index (χ0n) is 7.45. The molecule has 0 radical (unpaired) electrons. The lowest BCUT2D eigenvalue weighted by Gasteiger charge is -2.18. The molecule has 0 aliphatic carbocycles. The van der Waals surface area contributed by atoms with Crippen molar-refractivity contribution in [1.82, 2.24) is 5.32 Å². The van der Waals surface area contributed by atoms with Gasteiger partial charge < -0.3 is 10.1 Å². The monoisotopic (exact) mass is 207 g/mol. The van der Waals surface area contributed by atoms with Crippen LogP contribution in [0.5, 0.6) is 0 Å². The highest BCUT2D eigenvalue weighted by molar-refractivity contribution is 7.08. The lowest BCUT2D eigenvalue weighted by molar-refractivity contribution is 0.122. The summed E-state index contributed by atoms with van der Waals surface area (Å²) in [5.41, 5.74) is 0.996. The standard InChI is InChI=1S/C10H9NO2S/c12-10-11-9(3-5-13-10)2-1-8-4-6-14-7-8/h4,6-7,9H,3,5H2,(H,11,12)/t9-/m0/s1. The quantitative estimate of drug-likeness (QED) is 0.656. The van der Waals surface area contributed by atoms with Crippen LogP contribution in [0.2, 0.25) is 0 Å². The highest BCUT2D eigenvalue weighted by atomic mass is 32.1. The van der Waals surface area contributed by atoms with Crippen molar-refractivity contribution < 1.29 is 9.53 Å². The van der Waals surface area contributed by atoms with Crippen LogP contribution in [0.4, 0.5) is 4.79 Å². The Hall–Kier alpha value is -1.47. The van der Waals surface area contributed by atoms with Crippen LogP contribution in [0.15, 0.2) is 16.8 Å². The summed E-state index contributed by atoms with van der Waals surface area (Å²) in [4.78, 5) is 10.8. The summed E-state index contributed by atoms with van der Waals surface area (Å²) in [6, 6.07) is 1.88. The Labute approximate surface area is 86.1 Å². The van der Waals surface area contributed by atoms with E-state index in [2.05, 4.69) is 17.2 Å². The Kier molecular flexibility index (Phi) is 2.70. The molecule has 0 unspecified atom stereocenters. The van der Waals surface area contributed by atoms with Crippen molar-refractivity contribution in [3.8, 4) is 11.8 Å². The molecule has 2 heterocycles. The molecular formula is C10H9NO2S. The van der Waals surface area contributed by atoms with Gasteiger partial charge in [-0.25, -0.2) is 4.79 Å². The highest BCUT2D eigenvalue weighted by Gasteiger charge is 2.16. The van der Waals surface area contributed by atoms with Crippen molar-refractivity contribution in [1.29, 1.82) is 0 Å². The fourth-order valence-corrected chi connectivity index (χ4v) is 1.73. The van der Waals surface area contributed by atoms with Gasteiger partial charge in [0.2, 0.25) is 0 Å². The predicted octanol–water partition coefficient (Wildman–Crippen LogP) is 1.60. The first-order valence-electron chi connectivity index (χ1n) is 4.31. The van der Waals surface area contributed by atoms with Gasteiger partial charge >= 0.3 is 6.09 Å². The van der Waals surface area contributed by atoms with Gasteiger partial charge in [-0.05, 0) is 11.4 Å². The van der Waals surface area contributed by atoms with E-state index in [-0.39, 0.29) is 12.1 Å². The molecule has 1 amide bonds. The second-order valence-electron chi connectivity index (χ2n) is 2.90. The van der Waals surface area contributed by atoms with Gasteiger partial charge in [0.25, 0.3) is 0 Å². The minimum atomic E-state index is -0.374. The normalized spacial score (nSPS) is 20.3.